The Hall–Kier alpha value is -1.23. The molecule has 0 aliphatic carbocycles. The molecule has 0 unspecified atom stereocenters. The molecule has 0 aliphatic heterocycles. The molecule has 1 N–H and O–H groups in total. The molecule has 3 rings (SSSR count). The van der Waals surface area contributed by atoms with Gasteiger partial charge in [0.15, 0.2) is 0 Å². The molecule has 0 bridgehead atoms. The van der Waals surface area contributed by atoms with E-state index < -0.39 is 18.4 Å². The topological polar surface area (TPSA) is 29.3 Å². The third-order valence-electron chi connectivity index (χ3n) is 6.33. The van der Waals surface area contributed by atoms with E-state index in [1.54, 1.807) is 3.58 Å². The standard InChI is InChI=1S/C12H10N3.3C4H9.Sn/c1-13-9-6-7-15-11-5-3-2-4-10(11)14-12(15)8-9;3*1-3-4-2;/h3-8,13H,1H3;3*1,3-4H2,2H3;. The van der Waals surface area contributed by atoms with E-state index in [9.17, 15) is 0 Å². The number of pyridine rings is 1. The number of nitrogens with one attached hydrogen (secondary N) is 1. The second-order valence-corrected chi connectivity index (χ2v) is 21.5. The molecule has 0 atom stereocenters. The molecular formula is C24H37N3Sn. The van der Waals surface area contributed by atoms with Gasteiger partial charge in [0.25, 0.3) is 0 Å². The molecule has 3 aromatic rings. The fourth-order valence-electron chi connectivity index (χ4n) is 4.56. The van der Waals surface area contributed by atoms with Crippen LogP contribution < -0.4 is 8.90 Å². The Bertz CT molecular complexity index is 878. The van der Waals surface area contributed by atoms with Gasteiger partial charge in [0.2, 0.25) is 0 Å². The summed E-state index contributed by atoms with van der Waals surface area (Å²) in [7, 11) is 1.96. The van der Waals surface area contributed by atoms with Crippen molar-refractivity contribution in [1.82, 2.24) is 9.38 Å². The Morgan fingerprint density at radius 2 is 1.54 bits per heavy atom. The molecule has 0 aliphatic rings. The summed E-state index contributed by atoms with van der Waals surface area (Å²) in [4.78, 5) is 5.00. The summed E-state index contributed by atoms with van der Waals surface area (Å²) in [6.45, 7) is 7.04. The van der Waals surface area contributed by atoms with Gasteiger partial charge in [-0.1, -0.05) is 0 Å². The Balaban J connectivity index is 2.07. The molecule has 1 aromatic carbocycles. The van der Waals surface area contributed by atoms with Crippen molar-refractivity contribution in [3.05, 3.63) is 36.5 Å². The Morgan fingerprint density at radius 1 is 0.893 bits per heavy atom. The number of anilines is 1. The van der Waals surface area contributed by atoms with Gasteiger partial charge in [-0.15, -0.1) is 0 Å². The number of hydrogen-bond donors (Lipinski definition) is 1. The van der Waals surface area contributed by atoms with E-state index in [1.807, 2.05) is 7.05 Å². The van der Waals surface area contributed by atoms with Crippen molar-refractivity contribution in [3.8, 4) is 0 Å². The second kappa shape index (κ2) is 10.00. The van der Waals surface area contributed by atoms with Gasteiger partial charge in [0, 0.05) is 0 Å². The Morgan fingerprint density at radius 3 is 2.11 bits per heavy atom. The molecule has 28 heavy (non-hydrogen) atoms. The molecule has 0 saturated carbocycles. The van der Waals surface area contributed by atoms with Crippen LogP contribution in [0.15, 0.2) is 36.5 Å². The zero-order valence-electron chi connectivity index (χ0n) is 18.2. The maximum absolute atomic E-state index is 5.00. The predicted octanol–water partition coefficient (Wildman–Crippen LogP) is 6.59. The van der Waals surface area contributed by atoms with E-state index >= 15 is 0 Å². The summed E-state index contributed by atoms with van der Waals surface area (Å²) < 4.78 is 8.46. The SMILES string of the molecule is CCC[CH2][Sn]([CH2]CCC)([CH2]CCC)[c]1ccc2c(c1)nc1cc(NC)ccn12. The van der Waals surface area contributed by atoms with Crippen LogP contribution in [0.3, 0.4) is 0 Å². The van der Waals surface area contributed by atoms with Crippen molar-refractivity contribution in [2.45, 2.75) is 72.6 Å². The second-order valence-electron chi connectivity index (χ2n) is 8.30. The summed E-state index contributed by atoms with van der Waals surface area (Å²) in [5.74, 6) is 0. The van der Waals surface area contributed by atoms with Crippen LogP contribution in [0.1, 0.15) is 59.3 Å². The van der Waals surface area contributed by atoms with Crippen LogP contribution in [0.5, 0.6) is 0 Å². The average molecular weight is 486 g/mol. The molecular weight excluding hydrogens is 449 g/mol. The third-order valence-corrected chi connectivity index (χ3v) is 21.9. The van der Waals surface area contributed by atoms with Crippen molar-refractivity contribution >= 4 is 44.3 Å². The number of nitrogens with zero attached hydrogens (tertiary/aromatic N) is 2. The summed E-state index contributed by atoms with van der Waals surface area (Å²) in [5.41, 5.74) is 4.57. The summed E-state index contributed by atoms with van der Waals surface area (Å²) in [6, 6.07) is 11.6. The van der Waals surface area contributed by atoms with Gasteiger partial charge >= 0.3 is 175 Å². The number of hydrogen-bond acceptors (Lipinski definition) is 2. The fraction of sp³-hybridized carbons (Fsp3) is 0.542. The minimum absolute atomic E-state index is 1.04. The number of unbranched alkanes of at least 4 members (excludes halogenated alkanes) is 3. The first-order valence-electron chi connectivity index (χ1n) is 11.3. The van der Waals surface area contributed by atoms with Crippen molar-refractivity contribution in [1.29, 1.82) is 0 Å². The molecule has 2 heterocycles. The first kappa shape index (κ1) is 21.5. The van der Waals surface area contributed by atoms with Crippen molar-refractivity contribution in [3.63, 3.8) is 0 Å². The van der Waals surface area contributed by atoms with Crippen molar-refractivity contribution in [2.75, 3.05) is 12.4 Å². The van der Waals surface area contributed by atoms with Gasteiger partial charge in [0.05, 0.1) is 0 Å². The van der Waals surface area contributed by atoms with Crippen molar-refractivity contribution < 1.29 is 0 Å². The normalized spacial score (nSPS) is 12.1. The quantitative estimate of drug-likeness (QED) is 0.310. The van der Waals surface area contributed by atoms with Gasteiger partial charge in [-0.05, 0) is 0 Å². The minimum atomic E-state index is -2.40. The molecule has 0 fully saturated rings. The van der Waals surface area contributed by atoms with E-state index in [-0.39, 0.29) is 0 Å². The van der Waals surface area contributed by atoms with Crippen LogP contribution in [0.2, 0.25) is 13.3 Å². The van der Waals surface area contributed by atoms with E-state index in [1.165, 1.54) is 62.9 Å². The molecule has 0 spiro atoms. The number of rotatable bonds is 11. The summed E-state index contributed by atoms with van der Waals surface area (Å²) in [6.07, 6.45) is 10.3. The van der Waals surface area contributed by atoms with E-state index in [0.717, 1.165) is 11.3 Å². The molecule has 0 radical (unpaired) electrons. The molecule has 2 aromatic heterocycles. The first-order valence-corrected chi connectivity index (χ1v) is 18.8. The van der Waals surface area contributed by atoms with Gasteiger partial charge in [-0.2, -0.15) is 0 Å². The van der Waals surface area contributed by atoms with Crippen LogP contribution >= 0.6 is 0 Å². The molecule has 0 amide bonds. The van der Waals surface area contributed by atoms with Crippen LogP contribution in [-0.4, -0.2) is 34.8 Å². The molecule has 3 nitrogen and oxygen atoms in total. The van der Waals surface area contributed by atoms with Crippen LogP contribution in [0.4, 0.5) is 5.69 Å². The number of benzene rings is 1. The number of fused-ring (bicyclic) bond motifs is 3. The van der Waals surface area contributed by atoms with E-state index in [0.29, 0.717) is 0 Å². The van der Waals surface area contributed by atoms with Gasteiger partial charge in [-0.3, -0.25) is 0 Å². The van der Waals surface area contributed by atoms with Gasteiger partial charge in [0.1, 0.15) is 0 Å². The van der Waals surface area contributed by atoms with Gasteiger partial charge < -0.3 is 0 Å². The molecule has 0 saturated heterocycles. The third kappa shape index (κ3) is 4.50. The Labute approximate surface area is 174 Å². The zero-order valence-corrected chi connectivity index (χ0v) is 21.1. The first-order chi connectivity index (χ1) is 13.7. The fourth-order valence-corrected chi connectivity index (χ4v) is 20.5. The number of aromatic nitrogens is 2. The van der Waals surface area contributed by atoms with Crippen LogP contribution in [-0.2, 0) is 0 Å². The maximum atomic E-state index is 5.00. The Kier molecular flexibility index (Phi) is 7.67. The van der Waals surface area contributed by atoms with E-state index in [2.05, 4.69) is 67.0 Å². The summed E-state index contributed by atoms with van der Waals surface area (Å²) >= 11 is -2.40. The monoisotopic (exact) mass is 487 g/mol. The van der Waals surface area contributed by atoms with Crippen molar-refractivity contribution in [2.24, 2.45) is 0 Å². The zero-order chi connectivity index (χ0) is 20.0. The number of imidazole rings is 1. The van der Waals surface area contributed by atoms with E-state index in [4.69, 9.17) is 4.98 Å². The molecule has 152 valence electrons. The average Bonchev–Trinajstić information content (AvgIpc) is 3.10. The van der Waals surface area contributed by atoms with Crippen LogP contribution in [0, 0.1) is 0 Å². The van der Waals surface area contributed by atoms with Crippen LogP contribution in [0.25, 0.3) is 16.7 Å². The molecule has 4 heteroatoms. The van der Waals surface area contributed by atoms with Gasteiger partial charge in [-0.25, -0.2) is 0 Å². The summed E-state index contributed by atoms with van der Waals surface area (Å²) in [5, 5.41) is 3.23. The predicted molar refractivity (Wildman–Crippen MR) is 127 cm³/mol.